The van der Waals surface area contributed by atoms with Crippen molar-refractivity contribution in [2.24, 2.45) is 0 Å². The molecule has 13 nitrogen and oxygen atoms in total. The van der Waals surface area contributed by atoms with Crippen LogP contribution in [0.3, 0.4) is 0 Å². The highest BCUT2D eigenvalue weighted by molar-refractivity contribution is 5.99. The van der Waals surface area contributed by atoms with E-state index in [0.717, 1.165) is 23.1 Å². The maximum Gasteiger partial charge on any atom is 0.408 e. The Labute approximate surface area is 340 Å². The number of alkyl carbamates (subject to hydrolysis) is 1. The number of carbonyl (C=O) groups is 5. The number of Topliss-reactive ketones (excluding diaryl/α,β-unsaturated/α-hetero) is 1. The number of ketones is 1. The highest BCUT2D eigenvalue weighted by Crippen LogP contribution is 2.39. The van der Waals surface area contributed by atoms with Crippen LogP contribution in [0.2, 0.25) is 0 Å². The normalized spacial score (nSPS) is 15.1. The lowest BCUT2D eigenvalue weighted by molar-refractivity contribution is -0.138. The van der Waals surface area contributed by atoms with Crippen LogP contribution in [0.4, 0.5) is 10.6 Å². The van der Waals surface area contributed by atoms with E-state index in [0.29, 0.717) is 32.4 Å². The zero-order chi connectivity index (χ0) is 41.9. The van der Waals surface area contributed by atoms with Crippen LogP contribution < -0.4 is 16.0 Å². The second-order valence-corrected chi connectivity index (χ2v) is 16.2. The molecule has 1 aromatic heterocycles. The number of anilines is 1. The Balaban J connectivity index is 1.33. The number of nitrogens with one attached hydrogen (secondary N) is 3. The van der Waals surface area contributed by atoms with Crippen LogP contribution in [0, 0.1) is 0 Å². The molecule has 1 aliphatic heterocycles. The van der Waals surface area contributed by atoms with Gasteiger partial charge < -0.3 is 34.9 Å². The van der Waals surface area contributed by atoms with Gasteiger partial charge in [0.05, 0.1) is 25.0 Å². The van der Waals surface area contributed by atoms with Crippen molar-refractivity contribution in [2.75, 3.05) is 25.0 Å². The molecule has 3 aromatic carbocycles. The minimum absolute atomic E-state index is 0.152. The molecule has 0 spiro atoms. The standard InChI is InChI=1S/C45H56N6O7/c1-7-17-36(52)45(34-22-15-10-16-23-34)24-26-50(27-25-45)40(54)38(33-20-13-9-14-21-33)51-28-37(46-31-51)48-39(53)35(30-57-29-32-18-11-8-12-19-32)47-41(55)44(5,6)49-42(56)58-43(2,3)4/h8-16,18-23,28,31,35,38H,7,17,24-27,29-30H2,1-6H3,(H,47,55)(H,48,53)(H,49,56). The molecule has 1 saturated heterocycles. The van der Waals surface area contributed by atoms with E-state index in [2.05, 4.69) is 20.9 Å². The van der Waals surface area contributed by atoms with E-state index in [9.17, 15) is 24.0 Å². The lowest BCUT2D eigenvalue weighted by atomic mass is 9.68. The number of likely N-dealkylation sites (tertiary alicyclic amines) is 1. The first kappa shape index (κ1) is 43.3. The van der Waals surface area contributed by atoms with Gasteiger partial charge in [0.15, 0.2) is 5.82 Å². The van der Waals surface area contributed by atoms with E-state index >= 15 is 0 Å². The molecule has 13 heteroatoms. The van der Waals surface area contributed by atoms with Crippen LogP contribution in [0.25, 0.3) is 0 Å². The van der Waals surface area contributed by atoms with E-state index in [1.807, 2.05) is 97.9 Å². The summed E-state index contributed by atoms with van der Waals surface area (Å²) in [4.78, 5) is 74.3. The van der Waals surface area contributed by atoms with Crippen LogP contribution in [-0.2, 0) is 40.7 Å². The lowest BCUT2D eigenvalue weighted by Crippen LogP contribution is -2.59. The third-order valence-corrected chi connectivity index (χ3v) is 10.2. The summed E-state index contributed by atoms with van der Waals surface area (Å²) in [5.41, 5.74) is -0.303. The van der Waals surface area contributed by atoms with Gasteiger partial charge in [0.1, 0.15) is 29.0 Å². The number of ether oxygens (including phenoxy) is 2. The molecule has 3 N–H and O–H groups in total. The van der Waals surface area contributed by atoms with Crippen molar-refractivity contribution in [3.63, 3.8) is 0 Å². The molecule has 2 heterocycles. The quantitative estimate of drug-likeness (QED) is 0.118. The summed E-state index contributed by atoms with van der Waals surface area (Å²) in [6, 6.07) is 26.6. The summed E-state index contributed by atoms with van der Waals surface area (Å²) in [5, 5.41) is 8.06. The molecule has 1 fully saturated rings. The summed E-state index contributed by atoms with van der Waals surface area (Å²) >= 11 is 0. The number of carbonyl (C=O) groups excluding carboxylic acids is 5. The van der Waals surface area contributed by atoms with Crippen molar-refractivity contribution < 1.29 is 33.4 Å². The number of hydrogen-bond donors (Lipinski definition) is 3. The van der Waals surface area contributed by atoms with Crippen molar-refractivity contribution in [2.45, 2.75) is 102 Å². The van der Waals surface area contributed by atoms with Crippen LogP contribution in [-0.4, -0.2) is 80.9 Å². The Morgan fingerprint density at radius 3 is 2.05 bits per heavy atom. The van der Waals surface area contributed by atoms with Gasteiger partial charge in [0.2, 0.25) is 11.8 Å². The molecule has 2 atom stereocenters. The molecule has 1 aliphatic rings. The van der Waals surface area contributed by atoms with Gasteiger partial charge in [0, 0.05) is 25.7 Å². The molecule has 4 aromatic rings. The fourth-order valence-electron chi connectivity index (χ4n) is 7.07. The number of imidazole rings is 1. The molecule has 0 aliphatic carbocycles. The summed E-state index contributed by atoms with van der Waals surface area (Å²) in [6.45, 7) is 10.9. The summed E-state index contributed by atoms with van der Waals surface area (Å²) in [7, 11) is 0. The number of amides is 4. The molecule has 5 rings (SSSR count). The number of hydrogen-bond acceptors (Lipinski definition) is 8. The fourth-order valence-corrected chi connectivity index (χ4v) is 7.07. The van der Waals surface area contributed by atoms with Crippen LogP contribution in [0.5, 0.6) is 0 Å². The van der Waals surface area contributed by atoms with Gasteiger partial charge in [-0.25, -0.2) is 9.78 Å². The van der Waals surface area contributed by atoms with Gasteiger partial charge in [-0.15, -0.1) is 0 Å². The maximum absolute atomic E-state index is 14.5. The van der Waals surface area contributed by atoms with Gasteiger partial charge in [-0.05, 0) is 70.6 Å². The molecule has 0 saturated carbocycles. The predicted molar refractivity (Wildman–Crippen MR) is 221 cm³/mol. The minimum atomic E-state index is -1.45. The first-order chi connectivity index (χ1) is 27.6. The van der Waals surface area contributed by atoms with E-state index < -0.39 is 46.5 Å². The number of rotatable bonds is 16. The first-order valence-electron chi connectivity index (χ1n) is 19.8. The first-order valence-corrected chi connectivity index (χ1v) is 19.8. The summed E-state index contributed by atoms with van der Waals surface area (Å²) < 4.78 is 12.9. The average Bonchev–Trinajstić information content (AvgIpc) is 3.65. The van der Waals surface area contributed by atoms with Crippen molar-refractivity contribution >= 4 is 35.4 Å². The largest absolute Gasteiger partial charge is 0.444 e. The Kier molecular flexibility index (Phi) is 14.2. The Morgan fingerprint density at radius 2 is 1.45 bits per heavy atom. The summed E-state index contributed by atoms with van der Waals surface area (Å²) in [5.74, 6) is -1.07. The minimum Gasteiger partial charge on any atom is -0.444 e. The van der Waals surface area contributed by atoms with E-state index in [1.54, 1.807) is 36.4 Å². The monoisotopic (exact) mass is 792 g/mol. The highest BCUT2D eigenvalue weighted by Gasteiger charge is 2.44. The van der Waals surface area contributed by atoms with Crippen LogP contribution >= 0.6 is 0 Å². The number of benzene rings is 3. The number of nitrogens with zero attached hydrogens (tertiary/aromatic N) is 3. The van der Waals surface area contributed by atoms with E-state index in [1.165, 1.54) is 20.2 Å². The second-order valence-electron chi connectivity index (χ2n) is 16.2. The number of aromatic nitrogens is 2. The van der Waals surface area contributed by atoms with Crippen molar-refractivity contribution in [3.05, 3.63) is 120 Å². The lowest BCUT2D eigenvalue weighted by Gasteiger charge is -2.42. The topological polar surface area (TPSA) is 161 Å². The molecular formula is C45H56N6O7. The Bertz CT molecular complexity index is 2000. The molecule has 58 heavy (non-hydrogen) atoms. The van der Waals surface area contributed by atoms with Crippen molar-refractivity contribution in [1.82, 2.24) is 25.1 Å². The molecule has 0 radical (unpaired) electrons. The van der Waals surface area contributed by atoms with Gasteiger partial charge in [0.25, 0.3) is 5.91 Å². The smallest absolute Gasteiger partial charge is 0.408 e. The SMILES string of the molecule is CCCC(=O)C1(c2ccccc2)CCN(C(=O)C(c2ccccc2)n2cnc(NC(=O)C(COCc3ccccc3)NC(=O)C(C)(C)NC(=O)OC(C)(C)C)c2)CC1. The zero-order valence-corrected chi connectivity index (χ0v) is 34.3. The fraction of sp³-hybridized carbons (Fsp3) is 0.422. The van der Waals surface area contributed by atoms with E-state index in [4.69, 9.17) is 9.47 Å². The van der Waals surface area contributed by atoms with Gasteiger partial charge in [-0.2, -0.15) is 0 Å². The average molecular weight is 793 g/mol. The zero-order valence-electron chi connectivity index (χ0n) is 34.3. The maximum atomic E-state index is 14.5. The highest BCUT2D eigenvalue weighted by atomic mass is 16.6. The van der Waals surface area contributed by atoms with Crippen LogP contribution in [0.1, 0.15) is 90.0 Å². The van der Waals surface area contributed by atoms with Gasteiger partial charge >= 0.3 is 6.09 Å². The van der Waals surface area contributed by atoms with Gasteiger partial charge in [-0.1, -0.05) is 97.9 Å². The summed E-state index contributed by atoms with van der Waals surface area (Å²) in [6.07, 6.45) is 4.53. The Morgan fingerprint density at radius 1 is 0.845 bits per heavy atom. The molecule has 308 valence electrons. The number of piperidine rings is 1. The third-order valence-electron chi connectivity index (χ3n) is 10.2. The van der Waals surface area contributed by atoms with Crippen LogP contribution in [0.15, 0.2) is 104 Å². The molecule has 2 unspecified atom stereocenters. The molecular weight excluding hydrogens is 737 g/mol. The Hall–Kier alpha value is -5.82. The molecule has 4 amide bonds. The third kappa shape index (κ3) is 11.2. The van der Waals surface area contributed by atoms with Gasteiger partial charge in [-0.3, -0.25) is 19.2 Å². The molecule has 0 bridgehead atoms. The van der Waals surface area contributed by atoms with E-state index in [-0.39, 0.29) is 30.7 Å². The van der Waals surface area contributed by atoms with Crippen molar-refractivity contribution in [1.29, 1.82) is 0 Å². The van der Waals surface area contributed by atoms with Crippen molar-refractivity contribution in [3.8, 4) is 0 Å². The predicted octanol–water partition coefficient (Wildman–Crippen LogP) is 6.35. The second kappa shape index (κ2) is 19.1.